The number of hydrogen-bond acceptors (Lipinski definition) is 2. The Balaban J connectivity index is 0.000000450. The van der Waals surface area contributed by atoms with Gasteiger partial charge in [-0.05, 0) is 0 Å². The molecule has 2 unspecified atom stereocenters. The zero-order valence-corrected chi connectivity index (χ0v) is 46.4. The second-order valence-electron chi connectivity index (χ2n) is 21.8. The van der Waals surface area contributed by atoms with Crippen LogP contribution in [0.1, 0.15) is 163 Å². The molecule has 0 saturated heterocycles. The van der Waals surface area contributed by atoms with Crippen molar-refractivity contribution in [2.45, 2.75) is 151 Å². The van der Waals surface area contributed by atoms with Gasteiger partial charge in [0.05, 0.1) is 0 Å². The second kappa shape index (κ2) is 22.8. The van der Waals surface area contributed by atoms with Gasteiger partial charge in [-0.2, -0.15) is 49.2 Å². The summed E-state index contributed by atoms with van der Waals surface area (Å²) in [5, 5.41) is 26.0. The summed E-state index contributed by atoms with van der Waals surface area (Å²) < 4.78 is 0. The average Bonchev–Trinajstić information content (AvgIpc) is 3.58. The van der Waals surface area contributed by atoms with Gasteiger partial charge in [0.15, 0.2) is 0 Å². The van der Waals surface area contributed by atoms with Crippen LogP contribution in [0.25, 0.3) is 0 Å². The first-order valence-electron chi connectivity index (χ1n) is 24.4. The molecule has 0 spiro atoms. The van der Waals surface area contributed by atoms with Crippen LogP contribution in [0, 0.1) is 13.8 Å². The number of phenolic OH excluding ortho intramolecular Hbond substituents is 2. The molecule has 6 aromatic rings. The molecule has 0 radical (unpaired) electrons. The van der Waals surface area contributed by atoms with Gasteiger partial charge in [0.1, 0.15) is 0 Å². The van der Waals surface area contributed by atoms with Crippen LogP contribution in [-0.4, -0.2) is 20.7 Å². The van der Waals surface area contributed by atoms with Crippen LogP contribution in [0.3, 0.4) is 0 Å². The van der Waals surface area contributed by atoms with Crippen molar-refractivity contribution >= 4 is 14.2 Å². The van der Waals surface area contributed by atoms with Gasteiger partial charge >= 0.3 is 336 Å². The molecule has 1 saturated carbocycles. The van der Waals surface area contributed by atoms with Crippen LogP contribution in [0.4, 0.5) is 0 Å². The number of phenols is 2. The third-order valence-electron chi connectivity index (χ3n) is 13.8. The summed E-state index contributed by atoms with van der Waals surface area (Å²) in [4.78, 5) is 0. The number of hydrogen-bond donors (Lipinski definition) is 2. The summed E-state index contributed by atoms with van der Waals surface area (Å²) in [6.07, 6.45) is 8.04. The molecule has 5 heteroatoms. The van der Waals surface area contributed by atoms with Gasteiger partial charge in [0.25, 0.3) is 0 Å². The van der Waals surface area contributed by atoms with Gasteiger partial charge in [-0.1, -0.05) is 12.1 Å². The molecule has 2 nitrogen and oxygen atoms in total. The molecule has 0 aromatic heterocycles. The summed E-state index contributed by atoms with van der Waals surface area (Å²) in [6, 6.07) is 50.5. The van der Waals surface area contributed by atoms with Crippen LogP contribution < -0.4 is 0 Å². The smallest absolute Gasteiger partial charge is 0.0866 e. The normalized spacial score (nSPS) is 18.6. The van der Waals surface area contributed by atoms with Crippen LogP contribution >= 0.6 is 14.2 Å². The summed E-state index contributed by atoms with van der Waals surface area (Å²) in [7, 11) is 0.635. The van der Waals surface area contributed by atoms with Crippen molar-refractivity contribution in [2.75, 3.05) is 0 Å². The Bertz CT molecular complexity index is 2430. The minimum atomic E-state index is -0.892. The van der Waals surface area contributed by atoms with Crippen LogP contribution in [0.5, 0.6) is 11.5 Å². The largest absolute Gasteiger partial charge is 0.199 e. The Morgan fingerprint density at radius 3 is 1.04 bits per heavy atom. The van der Waals surface area contributed by atoms with Crippen LogP contribution in [0.15, 0.2) is 146 Å². The van der Waals surface area contributed by atoms with Gasteiger partial charge in [-0.25, -0.2) is 0 Å². The molecular weight excluding hydrogens is 932 g/mol. The summed E-state index contributed by atoms with van der Waals surface area (Å²) in [5.74, 6) is 3.09. The maximum Gasteiger partial charge on any atom is -0.0866 e. The number of rotatable bonds is 8. The molecule has 8 rings (SSSR count). The molecule has 356 valence electrons. The first-order valence-corrected chi connectivity index (χ1v) is 33.4. The monoisotopic (exact) mass is 1010 g/mol. The van der Waals surface area contributed by atoms with Gasteiger partial charge in [0.2, 0.25) is 0 Å². The van der Waals surface area contributed by atoms with E-state index in [9.17, 15) is 10.2 Å². The fraction of sp³-hybridized carbons (Fsp3) is 0.387. The number of fused-ring (bicyclic) bond motifs is 1. The predicted molar refractivity (Wildman–Crippen MR) is 290 cm³/mol. The van der Waals surface area contributed by atoms with Gasteiger partial charge < -0.3 is 0 Å². The van der Waals surface area contributed by atoms with Crippen LogP contribution in [0.2, 0.25) is 0 Å². The third kappa shape index (κ3) is 13.5. The molecule has 2 N–H and O–H groups in total. The summed E-state index contributed by atoms with van der Waals surface area (Å²) in [6.45, 7) is 30.4. The van der Waals surface area contributed by atoms with E-state index in [1.54, 1.807) is 0 Å². The van der Waals surface area contributed by atoms with E-state index in [1.807, 2.05) is 60.7 Å². The maximum absolute atomic E-state index is 12.3. The molecule has 0 bridgehead atoms. The number of benzene rings is 6. The molecule has 4 atom stereocenters. The van der Waals surface area contributed by atoms with E-state index in [0.29, 0.717) is 25.7 Å². The Labute approximate surface area is 418 Å². The summed E-state index contributed by atoms with van der Waals surface area (Å²) in [5.41, 5.74) is 11.1. The topological polar surface area (TPSA) is 40.5 Å². The molecule has 1 fully saturated rings. The molecule has 0 amide bonds. The van der Waals surface area contributed by atoms with Crippen LogP contribution in [-0.2, 0) is 52.3 Å². The standard InChI is InChI=1S/C48H64O2S2.2C7H7.Zr/c1-45(2,3)37-27-33(43(49)39(29-37)47(7,8)35-21-15-13-16-22-35)31-51-41-25-19-11-12-20-26-42(41)52-32-34-28-38(46(4,5)6)30-40(44(34)50)48(9,10)36-23-17-14-18-24-36;2*1-7-5-3-2-4-6-7;/h13-18,21-24,27-30,41-42,49-50H,11-12,19-20,25-26,31-32H2,1-10H3;2*2-6H,1H2;/q;2*-1;/t41-,42?;;;/m0.../s1. The molecular formula is C62H78O2S2Zr-2. The Morgan fingerprint density at radius 2 is 0.761 bits per heavy atom. The van der Waals surface area contributed by atoms with Crippen molar-refractivity contribution in [3.8, 4) is 11.5 Å². The van der Waals surface area contributed by atoms with E-state index in [-0.39, 0.29) is 21.7 Å². The molecule has 1 heterocycles. The van der Waals surface area contributed by atoms with E-state index < -0.39 is 19.2 Å². The molecule has 6 aromatic carbocycles. The Hall–Kier alpha value is -3.76. The Kier molecular flexibility index (Phi) is 17.9. The molecule has 1 aliphatic heterocycles. The van der Waals surface area contributed by atoms with Gasteiger partial charge in [-0.15, -0.1) is 24.3 Å². The fourth-order valence-corrected chi connectivity index (χ4v) is 38.2. The molecule has 1 aliphatic carbocycles. The first-order chi connectivity index (χ1) is 31.7. The quantitative estimate of drug-likeness (QED) is 0.149. The number of aromatic hydroxyl groups is 2. The van der Waals surface area contributed by atoms with E-state index >= 15 is 0 Å². The average molecular weight is 1010 g/mol. The van der Waals surface area contributed by atoms with Crippen molar-refractivity contribution in [3.05, 3.63) is 215 Å². The van der Waals surface area contributed by atoms with E-state index in [2.05, 4.69) is 168 Å². The fourth-order valence-electron chi connectivity index (χ4n) is 9.34. The minimum Gasteiger partial charge on any atom is -0.199 e. The zero-order chi connectivity index (χ0) is 48.6. The second-order valence-corrected chi connectivity index (χ2v) is 37.4. The first kappa shape index (κ1) is 52.6. The zero-order valence-electron chi connectivity index (χ0n) is 42.3. The van der Waals surface area contributed by atoms with E-state index in [1.165, 1.54) is 71.9 Å². The predicted octanol–water partition coefficient (Wildman–Crippen LogP) is 17.3. The van der Waals surface area contributed by atoms with E-state index in [4.69, 9.17) is 0 Å². The van der Waals surface area contributed by atoms with Crippen molar-refractivity contribution in [1.29, 1.82) is 0 Å². The SMILES string of the molecule is CC(C)(C)c1cc(C[S]2=[Zr]=[S@@](Cc3cc(C(C)(C)C)cc(C(C)(C)c4ccccc4)c3O)C3CCCCCC[C@@H]32)c(O)c(C(C)(C)c2ccccc2)c1.[CH2-]c1ccccc1.[CH2-]c1ccccc1. The van der Waals surface area contributed by atoms with E-state index in [0.717, 1.165) is 44.3 Å². The molecule has 2 aliphatic rings. The van der Waals surface area contributed by atoms with Crippen molar-refractivity contribution in [3.63, 3.8) is 0 Å². The van der Waals surface area contributed by atoms with Crippen molar-refractivity contribution in [2.24, 2.45) is 0 Å². The van der Waals surface area contributed by atoms with Crippen molar-refractivity contribution < 1.29 is 29.4 Å². The van der Waals surface area contributed by atoms with Gasteiger partial charge in [0, 0.05) is 0 Å². The Morgan fingerprint density at radius 1 is 0.448 bits per heavy atom. The van der Waals surface area contributed by atoms with Crippen molar-refractivity contribution in [1.82, 2.24) is 0 Å². The summed E-state index contributed by atoms with van der Waals surface area (Å²) >= 11 is -0.892. The maximum atomic E-state index is 12.3. The molecule has 67 heavy (non-hydrogen) atoms. The third-order valence-corrected chi connectivity index (χ3v) is 35.6. The van der Waals surface area contributed by atoms with Gasteiger partial charge in [-0.3, -0.25) is 0 Å². The minimum absolute atomic E-state index is 0.0172.